The van der Waals surface area contributed by atoms with Crippen molar-refractivity contribution in [1.82, 2.24) is 0 Å². The van der Waals surface area contributed by atoms with Gasteiger partial charge in [-0.1, -0.05) is 20.8 Å². The molecule has 0 radical (unpaired) electrons. The third-order valence-electron chi connectivity index (χ3n) is 4.24. The Kier molecular flexibility index (Phi) is 1.47. The number of carbonyl (C=O) groups is 1. The first-order chi connectivity index (χ1) is 5.47. The van der Waals surface area contributed by atoms with Gasteiger partial charge in [-0.05, 0) is 31.6 Å². The highest BCUT2D eigenvalue weighted by Gasteiger charge is 2.54. The van der Waals surface area contributed by atoms with Crippen molar-refractivity contribution in [2.75, 3.05) is 0 Å². The Hall–Kier alpha value is -0.330. The van der Waals surface area contributed by atoms with Crippen LogP contribution < -0.4 is 0 Å². The highest BCUT2D eigenvalue weighted by atomic mass is 16.1. The van der Waals surface area contributed by atoms with E-state index in [1.807, 2.05) is 0 Å². The van der Waals surface area contributed by atoms with E-state index in [9.17, 15) is 4.79 Å². The summed E-state index contributed by atoms with van der Waals surface area (Å²) < 4.78 is 0. The van der Waals surface area contributed by atoms with Crippen molar-refractivity contribution < 1.29 is 4.79 Å². The molecule has 3 aliphatic rings. The molecule has 0 aromatic rings. The molecule has 0 heterocycles. The van der Waals surface area contributed by atoms with Crippen molar-refractivity contribution in [2.24, 2.45) is 16.7 Å². The average molecular weight is 166 g/mol. The first-order valence-electron chi connectivity index (χ1n) is 5.02. The maximum absolute atomic E-state index is 12.0. The Morgan fingerprint density at radius 3 is 2.00 bits per heavy atom. The Morgan fingerprint density at radius 2 is 1.67 bits per heavy atom. The molecular formula is C11H18O. The first kappa shape index (κ1) is 8.28. The molecule has 0 N–H and O–H groups in total. The predicted molar refractivity (Wildman–Crippen MR) is 48.9 cm³/mol. The SMILES string of the molecule is CC12CCC(CC1)C(C)(C)C2=O. The number of rotatable bonds is 0. The summed E-state index contributed by atoms with van der Waals surface area (Å²) in [4.78, 5) is 12.0. The van der Waals surface area contributed by atoms with Gasteiger partial charge < -0.3 is 0 Å². The number of Topliss-reactive ketones (excluding diaryl/α,β-unsaturated/α-hetero) is 1. The second-order valence-corrected chi connectivity index (χ2v) is 5.39. The van der Waals surface area contributed by atoms with Crippen LogP contribution >= 0.6 is 0 Å². The van der Waals surface area contributed by atoms with E-state index in [4.69, 9.17) is 0 Å². The second kappa shape index (κ2) is 2.12. The van der Waals surface area contributed by atoms with E-state index >= 15 is 0 Å². The van der Waals surface area contributed by atoms with Crippen molar-refractivity contribution in [2.45, 2.75) is 46.5 Å². The van der Waals surface area contributed by atoms with E-state index in [1.54, 1.807) is 0 Å². The van der Waals surface area contributed by atoms with Gasteiger partial charge in [-0.2, -0.15) is 0 Å². The van der Waals surface area contributed by atoms with Crippen LogP contribution in [0.25, 0.3) is 0 Å². The number of carbonyl (C=O) groups excluding carboxylic acids is 1. The molecule has 0 amide bonds. The van der Waals surface area contributed by atoms with Crippen LogP contribution in [-0.4, -0.2) is 5.78 Å². The van der Waals surface area contributed by atoms with Crippen LogP contribution in [0.15, 0.2) is 0 Å². The van der Waals surface area contributed by atoms with Gasteiger partial charge in [0, 0.05) is 10.8 Å². The monoisotopic (exact) mass is 166 g/mol. The number of hydrogen-bond donors (Lipinski definition) is 0. The number of fused-ring (bicyclic) bond motifs is 3. The van der Waals surface area contributed by atoms with E-state index in [0.717, 1.165) is 12.8 Å². The summed E-state index contributed by atoms with van der Waals surface area (Å²) >= 11 is 0. The molecule has 0 unspecified atom stereocenters. The molecule has 0 aliphatic heterocycles. The molecule has 3 aliphatic carbocycles. The van der Waals surface area contributed by atoms with Gasteiger partial charge in [0.15, 0.2) is 0 Å². The second-order valence-electron chi connectivity index (χ2n) is 5.39. The maximum Gasteiger partial charge on any atom is 0.144 e. The standard InChI is InChI=1S/C11H18O/c1-10(2)8-4-6-11(3,7-5-8)9(10)12/h8H,4-7H2,1-3H3. The molecule has 0 aromatic heterocycles. The molecule has 12 heavy (non-hydrogen) atoms. The summed E-state index contributed by atoms with van der Waals surface area (Å²) in [5.74, 6) is 1.20. The van der Waals surface area contributed by atoms with Gasteiger partial charge in [-0.25, -0.2) is 0 Å². The minimum Gasteiger partial charge on any atom is -0.298 e. The fraction of sp³-hybridized carbons (Fsp3) is 0.909. The van der Waals surface area contributed by atoms with Crippen LogP contribution in [0, 0.1) is 16.7 Å². The van der Waals surface area contributed by atoms with Crippen LogP contribution in [0.3, 0.4) is 0 Å². The van der Waals surface area contributed by atoms with Crippen LogP contribution in [0.2, 0.25) is 0 Å². The van der Waals surface area contributed by atoms with E-state index < -0.39 is 0 Å². The zero-order valence-electron chi connectivity index (χ0n) is 8.31. The Labute approximate surface area is 74.5 Å². The average Bonchev–Trinajstić information content (AvgIpc) is 2.01. The van der Waals surface area contributed by atoms with Gasteiger partial charge in [0.1, 0.15) is 5.78 Å². The highest BCUT2D eigenvalue weighted by molar-refractivity contribution is 5.91. The Bertz CT molecular complexity index is 212. The minimum absolute atomic E-state index is 0.0226. The molecule has 3 fully saturated rings. The highest BCUT2D eigenvalue weighted by Crippen LogP contribution is 2.55. The quantitative estimate of drug-likeness (QED) is 0.541. The molecule has 0 atom stereocenters. The van der Waals surface area contributed by atoms with Crippen LogP contribution in [0.5, 0.6) is 0 Å². The fourth-order valence-corrected chi connectivity index (χ4v) is 3.17. The van der Waals surface area contributed by atoms with Crippen molar-refractivity contribution in [3.8, 4) is 0 Å². The lowest BCUT2D eigenvalue weighted by molar-refractivity contribution is -0.152. The summed E-state index contributed by atoms with van der Waals surface area (Å²) in [6.45, 7) is 6.43. The van der Waals surface area contributed by atoms with Crippen molar-refractivity contribution >= 4 is 5.78 Å². The smallest absolute Gasteiger partial charge is 0.144 e. The molecule has 1 nitrogen and oxygen atoms in total. The van der Waals surface area contributed by atoms with Crippen LogP contribution in [0.1, 0.15) is 46.5 Å². The molecule has 1 heteroatoms. The largest absolute Gasteiger partial charge is 0.298 e. The zero-order chi connectivity index (χ0) is 8.98. The number of ketones is 1. The van der Waals surface area contributed by atoms with Crippen molar-refractivity contribution in [3.05, 3.63) is 0 Å². The molecular weight excluding hydrogens is 148 g/mol. The van der Waals surface area contributed by atoms with Gasteiger partial charge >= 0.3 is 0 Å². The molecule has 0 aromatic carbocycles. The normalized spacial score (nSPS) is 44.9. The van der Waals surface area contributed by atoms with E-state index in [0.29, 0.717) is 11.7 Å². The summed E-state index contributed by atoms with van der Waals surface area (Å²) in [5, 5.41) is 0. The summed E-state index contributed by atoms with van der Waals surface area (Å²) in [7, 11) is 0. The van der Waals surface area contributed by atoms with Crippen molar-refractivity contribution in [1.29, 1.82) is 0 Å². The Morgan fingerprint density at radius 1 is 1.17 bits per heavy atom. The third-order valence-corrected chi connectivity index (χ3v) is 4.24. The van der Waals surface area contributed by atoms with E-state index in [1.165, 1.54) is 12.8 Å². The summed E-state index contributed by atoms with van der Waals surface area (Å²) in [6.07, 6.45) is 4.82. The maximum atomic E-state index is 12.0. The summed E-state index contributed by atoms with van der Waals surface area (Å²) in [5.41, 5.74) is 0.0174. The summed E-state index contributed by atoms with van der Waals surface area (Å²) in [6, 6.07) is 0. The van der Waals surface area contributed by atoms with E-state index in [-0.39, 0.29) is 10.8 Å². The van der Waals surface area contributed by atoms with Gasteiger partial charge in [0.2, 0.25) is 0 Å². The molecule has 0 spiro atoms. The zero-order valence-corrected chi connectivity index (χ0v) is 8.31. The fourth-order valence-electron chi connectivity index (χ4n) is 3.17. The first-order valence-corrected chi connectivity index (χ1v) is 5.02. The molecule has 3 saturated carbocycles. The minimum atomic E-state index is -0.0226. The topological polar surface area (TPSA) is 17.1 Å². The van der Waals surface area contributed by atoms with Crippen molar-refractivity contribution in [3.63, 3.8) is 0 Å². The van der Waals surface area contributed by atoms with Gasteiger partial charge in [-0.15, -0.1) is 0 Å². The molecule has 0 saturated heterocycles. The van der Waals surface area contributed by atoms with Crippen LogP contribution in [0.4, 0.5) is 0 Å². The lowest BCUT2D eigenvalue weighted by atomic mass is 9.51. The van der Waals surface area contributed by atoms with Gasteiger partial charge in [-0.3, -0.25) is 4.79 Å². The van der Waals surface area contributed by atoms with E-state index in [2.05, 4.69) is 20.8 Å². The predicted octanol–water partition coefficient (Wildman–Crippen LogP) is 2.79. The lowest BCUT2D eigenvalue weighted by Crippen LogP contribution is -2.52. The Balaban J connectivity index is 2.39. The van der Waals surface area contributed by atoms with Gasteiger partial charge in [0.05, 0.1) is 0 Å². The van der Waals surface area contributed by atoms with Gasteiger partial charge in [0.25, 0.3) is 0 Å². The molecule has 68 valence electrons. The third kappa shape index (κ3) is 0.826. The lowest BCUT2D eigenvalue weighted by Gasteiger charge is -2.52. The molecule has 2 bridgehead atoms. The molecule has 3 rings (SSSR count). The number of hydrogen-bond acceptors (Lipinski definition) is 1. The van der Waals surface area contributed by atoms with Crippen LogP contribution in [-0.2, 0) is 4.79 Å².